The van der Waals surface area contributed by atoms with Crippen LogP contribution in [0.5, 0.6) is 11.5 Å². The first kappa shape index (κ1) is 20.6. The van der Waals surface area contributed by atoms with Gasteiger partial charge in [0.15, 0.2) is 0 Å². The van der Waals surface area contributed by atoms with Crippen LogP contribution in [0.2, 0.25) is 0 Å². The van der Waals surface area contributed by atoms with E-state index < -0.39 is 0 Å². The maximum atomic E-state index is 12.0. The van der Waals surface area contributed by atoms with E-state index in [1.807, 2.05) is 67.8 Å². The molecule has 1 amide bonds. The molecule has 0 saturated carbocycles. The highest BCUT2D eigenvalue weighted by atomic mass is 32.1. The fourth-order valence-corrected chi connectivity index (χ4v) is 3.22. The summed E-state index contributed by atoms with van der Waals surface area (Å²) < 4.78 is 11.4. The van der Waals surface area contributed by atoms with Crippen molar-refractivity contribution in [2.75, 3.05) is 13.2 Å². The van der Waals surface area contributed by atoms with Crippen LogP contribution in [0.4, 0.5) is 0 Å². The number of hydrogen-bond donors (Lipinski definition) is 1. The van der Waals surface area contributed by atoms with E-state index in [1.54, 1.807) is 17.4 Å². The number of rotatable bonds is 9. The summed E-state index contributed by atoms with van der Waals surface area (Å²) in [4.78, 5) is 16.4. The number of nitrogens with one attached hydrogen (secondary N) is 1. The maximum Gasteiger partial charge on any atom is 0.244 e. The SMILES string of the molecule is Cc1nc(COc2cccc(/C=C/C(=O)NCCOc3ccccc3C)c2)cs1. The Labute approximate surface area is 175 Å². The molecule has 0 unspecified atom stereocenters. The first-order valence-corrected chi connectivity index (χ1v) is 10.3. The van der Waals surface area contributed by atoms with Crippen molar-refractivity contribution in [1.29, 1.82) is 0 Å². The lowest BCUT2D eigenvalue weighted by molar-refractivity contribution is -0.116. The standard InChI is InChI=1S/C23H24N2O3S/c1-17-6-3-4-9-22(17)27-13-12-24-23(26)11-10-19-7-5-8-21(14-19)28-15-20-16-29-18(2)25-20/h3-11,14,16H,12-13,15H2,1-2H3,(H,24,26)/b11-10+. The molecule has 0 fully saturated rings. The van der Waals surface area contributed by atoms with Crippen molar-refractivity contribution in [2.45, 2.75) is 20.5 Å². The minimum Gasteiger partial charge on any atom is -0.491 e. The molecule has 0 spiro atoms. The maximum absolute atomic E-state index is 12.0. The molecule has 1 heterocycles. The molecule has 1 aromatic heterocycles. The van der Waals surface area contributed by atoms with Gasteiger partial charge in [0.05, 0.1) is 17.2 Å². The van der Waals surface area contributed by atoms with E-state index in [9.17, 15) is 4.79 Å². The molecule has 29 heavy (non-hydrogen) atoms. The summed E-state index contributed by atoms with van der Waals surface area (Å²) in [5.74, 6) is 1.41. The Morgan fingerprint density at radius 2 is 2.00 bits per heavy atom. The summed E-state index contributed by atoms with van der Waals surface area (Å²) in [7, 11) is 0. The zero-order valence-electron chi connectivity index (χ0n) is 16.6. The minimum atomic E-state index is -0.164. The number of nitrogens with zero attached hydrogens (tertiary/aromatic N) is 1. The Morgan fingerprint density at radius 3 is 2.79 bits per heavy atom. The van der Waals surface area contributed by atoms with E-state index in [-0.39, 0.29) is 5.91 Å². The average molecular weight is 409 g/mol. The molecule has 0 aliphatic heterocycles. The van der Waals surface area contributed by atoms with Crippen molar-refractivity contribution >= 4 is 23.3 Å². The molecule has 6 heteroatoms. The van der Waals surface area contributed by atoms with E-state index in [2.05, 4.69) is 10.3 Å². The van der Waals surface area contributed by atoms with Crippen LogP contribution in [0.3, 0.4) is 0 Å². The third-order valence-corrected chi connectivity index (χ3v) is 4.91. The Balaban J connectivity index is 1.42. The molecule has 2 aromatic carbocycles. The molecule has 3 rings (SSSR count). The molecule has 0 saturated heterocycles. The second kappa shape index (κ2) is 10.4. The quantitative estimate of drug-likeness (QED) is 0.417. The molecule has 0 bridgehead atoms. The second-order valence-electron chi connectivity index (χ2n) is 6.46. The van der Waals surface area contributed by atoms with E-state index >= 15 is 0 Å². The Bertz CT molecular complexity index is 982. The number of ether oxygens (including phenoxy) is 2. The van der Waals surface area contributed by atoms with Gasteiger partial charge in [0.25, 0.3) is 0 Å². The normalized spacial score (nSPS) is 10.8. The van der Waals surface area contributed by atoms with Gasteiger partial charge in [-0.2, -0.15) is 0 Å². The van der Waals surface area contributed by atoms with Crippen LogP contribution in [-0.2, 0) is 11.4 Å². The lowest BCUT2D eigenvalue weighted by Crippen LogP contribution is -2.26. The number of aryl methyl sites for hydroxylation is 2. The van der Waals surface area contributed by atoms with Crippen LogP contribution in [0.15, 0.2) is 60.0 Å². The van der Waals surface area contributed by atoms with Crippen molar-refractivity contribution < 1.29 is 14.3 Å². The average Bonchev–Trinajstić information content (AvgIpc) is 3.15. The van der Waals surface area contributed by atoms with Gasteiger partial charge in [-0.3, -0.25) is 4.79 Å². The van der Waals surface area contributed by atoms with Crippen LogP contribution in [0, 0.1) is 13.8 Å². The summed E-state index contributed by atoms with van der Waals surface area (Å²) in [5, 5.41) is 5.83. The van der Waals surface area contributed by atoms with E-state index in [0.29, 0.717) is 19.8 Å². The summed E-state index contributed by atoms with van der Waals surface area (Å²) in [6.07, 6.45) is 3.27. The van der Waals surface area contributed by atoms with Gasteiger partial charge in [-0.05, 0) is 49.2 Å². The zero-order chi connectivity index (χ0) is 20.5. The predicted molar refractivity (Wildman–Crippen MR) is 116 cm³/mol. The minimum absolute atomic E-state index is 0.164. The fourth-order valence-electron chi connectivity index (χ4n) is 2.62. The zero-order valence-corrected chi connectivity index (χ0v) is 17.4. The lowest BCUT2D eigenvalue weighted by atomic mass is 10.2. The highest BCUT2D eigenvalue weighted by Crippen LogP contribution is 2.17. The smallest absolute Gasteiger partial charge is 0.244 e. The van der Waals surface area contributed by atoms with E-state index in [0.717, 1.165) is 33.3 Å². The lowest BCUT2D eigenvalue weighted by Gasteiger charge is -2.08. The summed E-state index contributed by atoms with van der Waals surface area (Å²) in [6.45, 7) is 5.25. The first-order chi connectivity index (χ1) is 14.1. The molecular formula is C23H24N2O3S. The number of benzene rings is 2. The number of hydrogen-bond acceptors (Lipinski definition) is 5. The van der Waals surface area contributed by atoms with Crippen LogP contribution < -0.4 is 14.8 Å². The van der Waals surface area contributed by atoms with Gasteiger partial charge in [-0.15, -0.1) is 11.3 Å². The van der Waals surface area contributed by atoms with Crippen molar-refractivity contribution in [3.05, 3.63) is 81.8 Å². The monoisotopic (exact) mass is 408 g/mol. The van der Waals surface area contributed by atoms with Crippen molar-refractivity contribution in [3.8, 4) is 11.5 Å². The number of thiazole rings is 1. The van der Waals surface area contributed by atoms with Gasteiger partial charge in [-0.1, -0.05) is 30.3 Å². The molecule has 1 N–H and O–H groups in total. The largest absolute Gasteiger partial charge is 0.491 e. The van der Waals surface area contributed by atoms with Gasteiger partial charge < -0.3 is 14.8 Å². The molecule has 150 valence electrons. The van der Waals surface area contributed by atoms with Crippen molar-refractivity contribution in [1.82, 2.24) is 10.3 Å². The third kappa shape index (κ3) is 6.76. The number of para-hydroxylation sites is 1. The van der Waals surface area contributed by atoms with Crippen LogP contribution >= 0.6 is 11.3 Å². The topological polar surface area (TPSA) is 60.5 Å². The van der Waals surface area contributed by atoms with Gasteiger partial charge in [-0.25, -0.2) is 4.98 Å². The summed E-state index contributed by atoms with van der Waals surface area (Å²) >= 11 is 1.61. The van der Waals surface area contributed by atoms with Gasteiger partial charge in [0.2, 0.25) is 5.91 Å². The second-order valence-corrected chi connectivity index (χ2v) is 7.52. The number of carbonyl (C=O) groups excluding carboxylic acids is 1. The number of amides is 1. The van der Waals surface area contributed by atoms with E-state index in [4.69, 9.17) is 9.47 Å². The first-order valence-electron chi connectivity index (χ1n) is 9.38. The molecular weight excluding hydrogens is 384 g/mol. The highest BCUT2D eigenvalue weighted by molar-refractivity contribution is 7.09. The van der Waals surface area contributed by atoms with Gasteiger partial charge in [0.1, 0.15) is 24.7 Å². The molecule has 0 aliphatic carbocycles. The van der Waals surface area contributed by atoms with Gasteiger partial charge >= 0.3 is 0 Å². The Kier molecular flexibility index (Phi) is 7.41. The molecule has 5 nitrogen and oxygen atoms in total. The molecule has 0 radical (unpaired) electrons. The van der Waals surface area contributed by atoms with Gasteiger partial charge in [0, 0.05) is 11.5 Å². The van der Waals surface area contributed by atoms with Crippen molar-refractivity contribution in [3.63, 3.8) is 0 Å². The van der Waals surface area contributed by atoms with Crippen LogP contribution in [0.25, 0.3) is 6.08 Å². The van der Waals surface area contributed by atoms with Crippen LogP contribution in [0.1, 0.15) is 21.8 Å². The van der Waals surface area contributed by atoms with E-state index in [1.165, 1.54) is 6.08 Å². The molecule has 0 atom stereocenters. The Hall–Kier alpha value is -3.12. The molecule has 0 aliphatic rings. The highest BCUT2D eigenvalue weighted by Gasteiger charge is 2.02. The number of carbonyl (C=O) groups is 1. The third-order valence-electron chi connectivity index (χ3n) is 4.09. The molecule has 3 aromatic rings. The fraction of sp³-hybridized carbons (Fsp3) is 0.217. The van der Waals surface area contributed by atoms with Crippen molar-refractivity contribution in [2.24, 2.45) is 0 Å². The number of aromatic nitrogens is 1. The predicted octanol–water partition coefficient (Wildman–Crippen LogP) is 4.55. The summed E-state index contributed by atoms with van der Waals surface area (Å²) in [6, 6.07) is 15.4. The Morgan fingerprint density at radius 1 is 1.14 bits per heavy atom. The van der Waals surface area contributed by atoms with Crippen LogP contribution in [-0.4, -0.2) is 24.0 Å². The summed E-state index contributed by atoms with van der Waals surface area (Å²) in [5.41, 5.74) is 2.88.